The van der Waals surface area contributed by atoms with E-state index in [1.54, 1.807) is 0 Å². The summed E-state index contributed by atoms with van der Waals surface area (Å²) in [6.45, 7) is 6.79. The summed E-state index contributed by atoms with van der Waals surface area (Å²) in [5.74, 6) is 0.825. The van der Waals surface area contributed by atoms with Gasteiger partial charge in [0.2, 0.25) is 0 Å². The number of rotatable bonds is 1. The van der Waals surface area contributed by atoms with Crippen molar-refractivity contribution in [1.29, 1.82) is 0 Å². The van der Waals surface area contributed by atoms with Gasteiger partial charge in [-0.05, 0) is 51.9 Å². The van der Waals surface area contributed by atoms with Crippen LogP contribution >= 0.6 is 0 Å². The second-order valence-corrected chi connectivity index (χ2v) is 5.02. The summed E-state index contributed by atoms with van der Waals surface area (Å²) in [7, 11) is 0. The Bertz CT molecular complexity index is 175. The average molecular weight is 168 g/mol. The van der Waals surface area contributed by atoms with Crippen molar-refractivity contribution in [3.05, 3.63) is 0 Å². The lowest BCUT2D eigenvalue weighted by molar-refractivity contribution is -0.238. The molecule has 1 heteroatoms. The molecular formula is C11H20O. The molecule has 0 radical (unpaired) electrons. The smallest absolute Gasteiger partial charge is 0.0687 e. The van der Waals surface area contributed by atoms with Gasteiger partial charge in [0.15, 0.2) is 0 Å². The molecule has 0 N–H and O–H groups in total. The summed E-state index contributed by atoms with van der Waals surface area (Å²) in [6, 6.07) is 0. The van der Waals surface area contributed by atoms with Gasteiger partial charge in [0.05, 0.1) is 11.2 Å². The quantitative estimate of drug-likeness (QED) is 0.584. The zero-order valence-corrected chi connectivity index (χ0v) is 8.52. The fourth-order valence-electron chi connectivity index (χ4n) is 3.01. The van der Waals surface area contributed by atoms with Crippen LogP contribution in [0.2, 0.25) is 0 Å². The van der Waals surface area contributed by atoms with Crippen LogP contribution in [0.5, 0.6) is 0 Å². The molecule has 3 fully saturated rings. The number of hydrogen-bond acceptors (Lipinski definition) is 1. The van der Waals surface area contributed by atoms with E-state index in [2.05, 4.69) is 20.8 Å². The van der Waals surface area contributed by atoms with E-state index in [1.165, 1.54) is 32.1 Å². The van der Waals surface area contributed by atoms with E-state index in [-0.39, 0.29) is 11.2 Å². The third-order valence-electron chi connectivity index (χ3n) is 4.00. The molecule has 1 aliphatic carbocycles. The molecule has 1 saturated carbocycles. The lowest BCUT2D eigenvalue weighted by Crippen LogP contribution is -2.55. The molecule has 12 heavy (non-hydrogen) atoms. The summed E-state index contributed by atoms with van der Waals surface area (Å²) in [4.78, 5) is 0. The maximum Gasteiger partial charge on any atom is 0.0687 e. The molecule has 1 nitrogen and oxygen atoms in total. The minimum atomic E-state index is 0.159. The van der Waals surface area contributed by atoms with Gasteiger partial charge in [0.25, 0.3) is 0 Å². The highest BCUT2D eigenvalue weighted by Crippen LogP contribution is 2.50. The van der Waals surface area contributed by atoms with E-state index < -0.39 is 0 Å². The SMILES string of the molecule is CCC12CCC(CC1)C(C)(C)O2. The van der Waals surface area contributed by atoms with Gasteiger partial charge in [-0.15, -0.1) is 0 Å². The monoisotopic (exact) mass is 168 g/mol. The summed E-state index contributed by atoms with van der Waals surface area (Å²) in [6.07, 6.45) is 6.58. The molecular weight excluding hydrogens is 148 g/mol. The van der Waals surface area contributed by atoms with Gasteiger partial charge in [0.1, 0.15) is 0 Å². The second-order valence-electron chi connectivity index (χ2n) is 5.02. The molecule has 0 atom stereocenters. The Morgan fingerprint density at radius 3 is 2.17 bits per heavy atom. The molecule has 2 aliphatic heterocycles. The van der Waals surface area contributed by atoms with Gasteiger partial charge >= 0.3 is 0 Å². The lowest BCUT2D eigenvalue weighted by atomic mass is 9.67. The van der Waals surface area contributed by atoms with Gasteiger partial charge in [-0.1, -0.05) is 6.92 Å². The summed E-state index contributed by atoms with van der Waals surface area (Å²) in [5, 5.41) is 0. The third kappa shape index (κ3) is 1.10. The fraction of sp³-hybridized carbons (Fsp3) is 1.00. The molecule has 0 amide bonds. The highest BCUT2D eigenvalue weighted by molar-refractivity contribution is 4.99. The zero-order chi connectivity index (χ0) is 8.82. The molecule has 3 aliphatic rings. The molecule has 2 heterocycles. The van der Waals surface area contributed by atoms with Crippen molar-refractivity contribution in [2.45, 2.75) is 64.1 Å². The van der Waals surface area contributed by atoms with Gasteiger partial charge in [-0.25, -0.2) is 0 Å². The van der Waals surface area contributed by atoms with Crippen LogP contribution in [0.15, 0.2) is 0 Å². The summed E-state index contributed by atoms with van der Waals surface area (Å²) >= 11 is 0. The van der Waals surface area contributed by atoms with Gasteiger partial charge < -0.3 is 4.74 Å². The highest BCUT2D eigenvalue weighted by atomic mass is 16.5. The Hall–Kier alpha value is -0.0400. The van der Waals surface area contributed by atoms with Crippen LogP contribution in [-0.2, 0) is 4.74 Å². The lowest BCUT2D eigenvalue weighted by Gasteiger charge is -2.55. The Labute approximate surface area is 75.5 Å². The minimum Gasteiger partial charge on any atom is -0.369 e. The first-order chi connectivity index (χ1) is 5.58. The molecule has 0 aromatic heterocycles. The topological polar surface area (TPSA) is 9.23 Å². The maximum atomic E-state index is 6.21. The Morgan fingerprint density at radius 2 is 1.83 bits per heavy atom. The molecule has 0 unspecified atom stereocenters. The van der Waals surface area contributed by atoms with Crippen molar-refractivity contribution in [2.24, 2.45) is 5.92 Å². The first kappa shape index (κ1) is 8.55. The molecule has 2 bridgehead atoms. The minimum absolute atomic E-state index is 0.159. The van der Waals surface area contributed by atoms with E-state index in [0.29, 0.717) is 0 Å². The van der Waals surface area contributed by atoms with Gasteiger partial charge in [-0.3, -0.25) is 0 Å². The predicted molar refractivity (Wildman–Crippen MR) is 50.1 cm³/mol. The molecule has 2 saturated heterocycles. The van der Waals surface area contributed by atoms with E-state index in [4.69, 9.17) is 4.74 Å². The van der Waals surface area contributed by atoms with Gasteiger partial charge in [-0.2, -0.15) is 0 Å². The first-order valence-electron chi connectivity index (χ1n) is 5.28. The van der Waals surface area contributed by atoms with Crippen molar-refractivity contribution in [3.8, 4) is 0 Å². The Kier molecular flexibility index (Phi) is 1.76. The Balaban J connectivity index is 2.20. The van der Waals surface area contributed by atoms with Crippen LogP contribution in [0.4, 0.5) is 0 Å². The van der Waals surface area contributed by atoms with Crippen molar-refractivity contribution in [3.63, 3.8) is 0 Å². The molecule has 0 aromatic rings. The van der Waals surface area contributed by atoms with E-state index >= 15 is 0 Å². The highest BCUT2D eigenvalue weighted by Gasteiger charge is 2.49. The van der Waals surface area contributed by atoms with Crippen molar-refractivity contribution < 1.29 is 4.74 Å². The first-order valence-corrected chi connectivity index (χ1v) is 5.28. The molecule has 0 spiro atoms. The number of hydrogen-bond donors (Lipinski definition) is 0. The van der Waals surface area contributed by atoms with Gasteiger partial charge in [0, 0.05) is 0 Å². The molecule has 3 rings (SSSR count). The Morgan fingerprint density at radius 1 is 1.25 bits per heavy atom. The fourth-order valence-corrected chi connectivity index (χ4v) is 3.01. The van der Waals surface area contributed by atoms with Crippen molar-refractivity contribution in [1.82, 2.24) is 0 Å². The van der Waals surface area contributed by atoms with Crippen LogP contribution in [0, 0.1) is 5.92 Å². The zero-order valence-electron chi connectivity index (χ0n) is 8.52. The van der Waals surface area contributed by atoms with E-state index in [0.717, 1.165) is 5.92 Å². The van der Waals surface area contributed by atoms with Crippen LogP contribution in [0.1, 0.15) is 52.9 Å². The second kappa shape index (κ2) is 2.47. The summed E-state index contributed by atoms with van der Waals surface area (Å²) in [5.41, 5.74) is 0.421. The largest absolute Gasteiger partial charge is 0.369 e. The predicted octanol–water partition coefficient (Wildman–Crippen LogP) is 3.13. The van der Waals surface area contributed by atoms with Crippen LogP contribution in [0.3, 0.4) is 0 Å². The average Bonchev–Trinajstić information content (AvgIpc) is 2.04. The molecule has 70 valence electrons. The number of ether oxygens (including phenoxy) is 1. The van der Waals surface area contributed by atoms with Crippen LogP contribution in [-0.4, -0.2) is 11.2 Å². The van der Waals surface area contributed by atoms with E-state index in [9.17, 15) is 0 Å². The summed E-state index contributed by atoms with van der Waals surface area (Å²) < 4.78 is 6.21. The van der Waals surface area contributed by atoms with Crippen LogP contribution in [0.25, 0.3) is 0 Å². The molecule has 0 aromatic carbocycles. The van der Waals surface area contributed by atoms with Crippen molar-refractivity contribution >= 4 is 0 Å². The standard InChI is InChI=1S/C11H20O/c1-4-11-7-5-9(6-8-11)10(2,3)12-11/h9H,4-8H2,1-3H3. The number of fused-ring (bicyclic) bond motifs is 3. The van der Waals surface area contributed by atoms with Crippen molar-refractivity contribution in [2.75, 3.05) is 0 Å². The normalized spacial score (nSPS) is 44.8. The van der Waals surface area contributed by atoms with E-state index in [1.807, 2.05) is 0 Å². The maximum absolute atomic E-state index is 6.21. The third-order valence-corrected chi connectivity index (χ3v) is 4.00. The van der Waals surface area contributed by atoms with Crippen LogP contribution < -0.4 is 0 Å².